The number of hydrogen-bond acceptors (Lipinski definition) is 3. The van der Waals surface area contributed by atoms with E-state index in [1.165, 1.54) is 19.3 Å². The molecule has 1 aliphatic rings. The highest BCUT2D eigenvalue weighted by Gasteiger charge is 2.22. The summed E-state index contributed by atoms with van der Waals surface area (Å²) in [6, 6.07) is 2.66. The number of hydrogen-bond donors (Lipinski definition) is 0. The number of alkyl halides is 1. The van der Waals surface area contributed by atoms with Gasteiger partial charge in [0.1, 0.15) is 12.1 Å². The van der Waals surface area contributed by atoms with Gasteiger partial charge in [-0.25, -0.2) is 9.97 Å². The average molecular weight is 270 g/mol. The minimum atomic E-state index is 0.591. The molecule has 0 saturated carbocycles. The van der Waals surface area contributed by atoms with E-state index >= 15 is 0 Å². The Morgan fingerprint density at radius 2 is 2.33 bits per heavy atom. The lowest BCUT2D eigenvalue weighted by Crippen LogP contribution is -2.41. The van der Waals surface area contributed by atoms with Gasteiger partial charge < -0.3 is 4.90 Å². The topological polar surface area (TPSA) is 29.0 Å². The number of halogens is 1. The van der Waals surface area contributed by atoms with E-state index in [1.54, 1.807) is 6.33 Å². The van der Waals surface area contributed by atoms with Crippen LogP contribution in [0.3, 0.4) is 0 Å². The molecule has 0 aliphatic carbocycles. The lowest BCUT2D eigenvalue weighted by atomic mass is 10.0. The number of piperidine rings is 1. The minimum Gasteiger partial charge on any atom is -0.353 e. The summed E-state index contributed by atoms with van der Waals surface area (Å²) in [7, 11) is 0. The fraction of sp³-hybridized carbons (Fsp3) is 0.636. The van der Waals surface area contributed by atoms with Crippen LogP contribution in [-0.2, 0) is 0 Å². The van der Waals surface area contributed by atoms with Crippen molar-refractivity contribution in [3.8, 4) is 0 Å². The van der Waals surface area contributed by atoms with Crippen molar-refractivity contribution in [2.45, 2.75) is 32.2 Å². The van der Waals surface area contributed by atoms with Crippen LogP contribution in [0.2, 0.25) is 0 Å². The predicted molar refractivity (Wildman–Crippen MR) is 65.5 cm³/mol. The molecule has 1 aromatic rings. The second-order valence-corrected chi connectivity index (χ2v) is 4.66. The zero-order chi connectivity index (χ0) is 10.7. The van der Waals surface area contributed by atoms with Crippen LogP contribution in [-0.4, -0.2) is 27.9 Å². The molecule has 0 radical (unpaired) electrons. The van der Waals surface area contributed by atoms with E-state index < -0.39 is 0 Å². The van der Waals surface area contributed by atoms with Crippen LogP contribution in [0, 0.1) is 6.92 Å². The minimum absolute atomic E-state index is 0.591. The summed E-state index contributed by atoms with van der Waals surface area (Å²) in [6.07, 6.45) is 5.52. The molecule has 0 N–H and O–H groups in total. The van der Waals surface area contributed by atoms with Crippen LogP contribution in [0.4, 0.5) is 5.82 Å². The first-order valence-electron chi connectivity index (χ1n) is 5.42. The SMILES string of the molecule is Cc1cc(N2CCCCC2CBr)ncn1. The Kier molecular flexibility index (Phi) is 3.57. The zero-order valence-electron chi connectivity index (χ0n) is 8.99. The number of anilines is 1. The van der Waals surface area contributed by atoms with Gasteiger partial charge in [-0.3, -0.25) is 0 Å². The highest BCUT2D eigenvalue weighted by atomic mass is 79.9. The van der Waals surface area contributed by atoms with Gasteiger partial charge in [0, 0.05) is 29.7 Å². The summed E-state index contributed by atoms with van der Waals surface area (Å²) >= 11 is 3.58. The van der Waals surface area contributed by atoms with Gasteiger partial charge >= 0.3 is 0 Å². The first kappa shape index (κ1) is 10.9. The van der Waals surface area contributed by atoms with Crippen molar-refractivity contribution < 1.29 is 0 Å². The molecule has 82 valence electrons. The van der Waals surface area contributed by atoms with E-state index in [1.807, 2.05) is 6.92 Å². The van der Waals surface area contributed by atoms with Crippen molar-refractivity contribution >= 4 is 21.7 Å². The lowest BCUT2D eigenvalue weighted by molar-refractivity contribution is 0.487. The maximum Gasteiger partial charge on any atom is 0.132 e. The summed E-state index contributed by atoms with van der Waals surface area (Å²) in [4.78, 5) is 10.9. The molecule has 0 aromatic carbocycles. The Morgan fingerprint density at radius 1 is 1.47 bits per heavy atom. The van der Waals surface area contributed by atoms with E-state index in [0.29, 0.717) is 6.04 Å². The van der Waals surface area contributed by atoms with Crippen molar-refractivity contribution in [2.24, 2.45) is 0 Å². The van der Waals surface area contributed by atoms with Crippen molar-refractivity contribution in [3.63, 3.8) is 0 Å². The van der Waals surface area contributed by atoms with Gasteiger partial charge in [-0.2, -0.15) is 0 Å². The van der Waals surface area contributed by atoms with Crippen LogP contribution in [0.5, 0.6) is 0 Å². The van der Waals surface area contributed by atoms with Crippen molar-refractivity contribution in [1.82, 2.24) is 9.97 Å². The third-order valence-corrected chi connectivity index (χ3v) is 3.64. The fourth-order valence-electron chi connectivity index (χ4n) is 2.06. The van der Waals surface area contributed by atoms with Gasteiger partial charge in [-0.05, 0) is 26.2 Å². The Hall–Kier alpha value is -0.640. The average Bonchev–Trinajstić information content (AvgIpc) is 2.29. The van der Waals surface area contributed by atoms with E-state index in [9.17, 15) is 0 Å². The van der Waals surface area contributed by atoms with Gasteiger partial charge in [0.25, 0.3) is 0 Å². The van der Waals surface area contributed by atoms with Crippen LogP contribution < -0.4 is 4.90 Å². The Balaban J connectivity index is 2.20. The van der Waals surface area contributed by atoms with Gasteiger partial charge in [0.15, 0.2) is 0 Å². The largest absolute Gasteiger partial charge is 0.353 e. The van der Waals surface area contributed by atoms with Gasteiger partial charge in [-0.15, -0.1) is 0 Å². The first-order chi connectivity index (χ1) is 7.31. The van der Waals surface area contributed by atoms with Crippen LogP contribution in [0.1, 0.15) is 25.0 Å². The quantitative estimate of drug-likeness (QED) is 0.773. The monoisotopic (exact) mass is 269 g/mol. The predicted octanol–water partition coefficient (Wildman–Crippen LogP) is 2.54. The molecule has 1 aromatic heterocycles. The molecule has 15 heavy (non-hydrogen) atoms. The van der Waals surface area contributed by atoms with Crippen LogP contribution in [0.25, 0.3) is 0 Å². The molecule has 1 unspecified atom stereocenters. The van der Waals surface area contributed by atoms with Crippen molar-refractivity contribution in [3.05, 3.63) is 18.1 Å². The molecule has 3 nitrogen and oxygen atoms in total. The molecular formula is C11H16BrN3. The molecule has 4 heteroatoms. The number of aryl methyl sites for hydroxylation is 1. The summed E-state index contributed by atoms with van der Waals surface area (Å²) in [5.41, 5.74) is 1.04. The van der Waals surface area contributed by atoms with Crippen LogP contribution >= 0.6 is 15.9 Å². The fourth-order valence-corrected chi connectivity index (χ4v) is 2.73. The Labute approximate surface area is 99.0 Å². The third-order valence-electron chi connectivity index (χ3n) is 2.89. The standard InChI is InChI=1S/C11H16BrN3/c1-9-6-11(14-8-13-9)15-5-3-2-4-10(15)7-12/h6,8,10H,2-5,7H2,1H3. The number of aromatic nitrogens is 2. The summed E-state index contributed by atoms with van der Waals surface area (Å²) in [6.45, 7) is 3.13. The smallest absolute Gasteiger partial charge is 0.132 e. The van der Waals surface area contributed by atoms with Gasteiger partial charge in [0.05, 0.1) is 0 Å². The Bertz CT molecular complexity index is 329. The molecule has 1 aliphatic heterocycles. The summed E-state index contributed by atoms with van der Waals surface area (Å²) in [5, 5.41) is 1.02. The van der Waals surface area contributed by atoms with E-state index in [2.05, 4.69) is 36.9 Å². The molecular weight excluding hydrogens is 254 g/mol. The summed E-state index contributed by atoms with van der Waals surface area (Å²) < 4.78 is 0. The van der Waals surface area contributed by atoms with Gasteiger partial charge in [-0.1, -0.05) is 15.9 Å². The molecule has 0 spiro atoms. The third kappa shape index (κ3) is 2.48. The maximum atomic E-state index is 4.36. The highest BCUT2D eigenvalue weighted by molar-refractivity contribution is 9.09. The summed E-state index contributed by atoms with van der Waals surface area (Å²) in [5.74, 6) is 1.08. The van der Waals surface area contributed by atoms with E-state index in [0.717, 1.165) is 23.4 Å². The molecule has 1 atom stereocenters. The lowest BCUT2D eigenvalue weighted by Gasteiger charge is -2.35. The molecule has 0 amide bonds. The van der Waals surface area contributed by atoms with E-state index in [4.69, 9.17) is 0 Å². The molecule has 1 saturated heterocycles. The highest BCUT2D eigenvalue weighted by Crippen LogP contribution is 2.24. The second-order valence-electron chi connectivity index (χ2n) is 4.01. The van der Waals surface area contributed by atoms with Crippen LogP contribution in [0.15, 0.2) is 12.4 Å². The van der Waals surface area contributed by atoms with Gasteiger partial charge in [0.2, 0.25) is 0 Å². The van der Waals surface area contributed by atoms with E-state index in [-0.39, 0.29) is 0 Å². The second kappa shape index (κ2) is 4.92. The number of rotatable bonds is 2. The first-order valence-corrected chi connectivity index (χ1v) is 6.54. The number of nitrogens with zero attached hydrogens (tertiary/aromatic N) is 3. The Morgan fingerprint density at radius 3 is 3.07 bits per heavy atom. The molecule has 2 rings (SSSR count). The van der Waals surface area contributed by atoms with Crippen molar-refractivity contribution in [2.75, 3.05) is 16.8 Å². The zero-order valence-corrected chi connectivity index (χ0v) is 10.6. The normalized spacial score (nSPS) is 21.7. The maximum absolute atomic E-state index is 4.36. The molecule has 0 bridgehead atoms. The molecule has 2 heterocycles. The molecule has 1 fully saturated rings. The van der Waals surface area contributed by atoms with Crippen molar-refractivity contribution in [1.29, 1.82) is 0 Å².